The number of rotatable bonds is 6. The van der Waals surface area contributed by atoms with Gasteiger partial charge in [-0.1, -0.05) is 12.1 Å². The van der Waals surface area contributed by atoms with Crippen LogP contribution in [0, 0.1) is 6.92 Å². The Morgan fingerprint density at radius 3 is 2.79 bits per heavy atom. The van der Waals surface area contributed by atoms with Gasteiger partial charge < -0.3 is 10.0 Å². The van der Waals surface area contributed by atoms with E-state index in [2.05, 4.69) is 4.98 Å². The van der Waals surface area contributed by atoms with Crippen LogP contribution in [-0.2, 0) is 16.1 Å². The molecule has 1 heterocycles. The lowest BCUT2D eigenvalue weighted by atomic mass is 10.1. The largest absolute Gasteiger partial charge is 0.480 e. The number of hydrogen-bond acceptors (Lipinski definition) is 4. The number of nitrogens with zero attached hydrogens (tertiary/aromatic N) is 3. The van der Waals surface area contributed by atoms with Crippen LogP contribution in [0.3, 0.4) is 0 Å². The Kier molecular flexibility index (Phi) is 4.33. The molecular formula is C17H19N3O4. The van der Waals surface area contributed by atoms with E-state index in [1.807, 2.05) is 13.0 Å². The van der Waals surface area contributed by atoms with Crippen LogP contribution >= 0.6 is 0 Å². The van der Waals surface area contributed by atoms with E-state index in [0.717, 1.165) is 18.4 Å². The number of amides is 1. The predicted octanol–water partition coefficient (Wildman–Crippen LogP) is 1.17. The molecule has 2 aromatic rings. The van der Waals surface area contributed by atoms with Crippen LogP contribution in [0.1, 0.15) is 24.8 Å². The number of aliphatic carboxylic acids is 1. The molecule has 1 amide bonds. The van der Waals surface area contributed by atoms with Gasteiger partial charge in [0.15, 0.2) is 0 Å². The highest BCUT2D eigenvalue weighted by molar-refractivity contribution is 5.82. The van der Waals surface area contributed by atoms with Gasteiger partial charge in [-0.3, -0.25) is 19.0 Å². The van der Waals surface area contributed by atoms with Gasteiger partial charge in [0.05, 0.1) is 17.2 Å². The van der Waals surface area contributed by atoms with Crippen molar-refractivity contribution in [1.82, 2.24) is 14.5 Å². The predicted molar refractivity (Wildman–Crippen MR) is 87.7 cm³/mol. The summed E-state index contributed by atoms with van der Waals surface area (Å²) in [6, 6.07) is 5.44. The first kappa shape index (κ1) is 16.2. The normalized spacial score (nSPS) is 13.9. The van der Waals surface area contributed by atoms with Gasteiger partial charge in [0, 0.05) is 19.0 Å². The summed E-state index contributed by atoms with van der Waals surface area (Å²) in [6.07, 6.45) is 3.22. The summed E-state index contributed by atoms with van der Waals surface area (Å²) in [7, 11) is 0. The summed E-state index contributed by atoms with van der Waals surface area (Å²) in [5.74, 6) is -1.26. The molecule has 126 valence electrons. The van der Waals surface area contributed by atoms with Crippen molar-refractivity contribution >= 4 is 22.8 Å². The van der Waals surface area contributed by atoms with Gasteiger partial charge in [-0.2, -0.15) is 0 Å². The van der Waals surface area contributed by atoms with Crippen LogP contribution in [0.5, 0.6) is 0 Å². The van der Waals surface area contributed by atoms with Crippen molar-refractivity contribution in [3.63, 3.8) is 0 Å². The smallest absolute Gasteiger partial charge is 0.323 e. The molecule has 3 rings (SSSR count). The second-order valence-corrected chi connectivity index (χ2v) is 6.11. The highest BCUT2D eigenvalue weighted by Gasteiger charge is 2.33. The molecular weight excluding hydrogens is 310 g/mol. The Morgan fingerprint density at radius 2 is 2.12 bits per heavy atom. The molecule has 0 unspecified atom stereocenters. The third-order valence-electron chi connectivity index (χ3n) is 4.24. The van der Waals surface area contributed by atoms with Gasteiger partial charge in [-0.15, -0.1) is 0 Å². The van der Waals surface area contributed by atoms with Crippen molar-refractivity contribution in [2.75, 3.05) is 6.54 Å². The fourth-order valence-corrected chi connectivity index (χ4v) is 2.81. The maximum Gasteiger partial charge on any atom is 0.323 e. The SMILES string of the molecule is Cc1cccc2c(=O)n(CCC(=O)N(CC(=O)O)C3CC3)cnc12. The molecule has 0 atom stereocenters. The summed E-state index contributed by atoms with van der Waals surface area (Å²) in [6.45, 7) is 1.80. The van der Waals surface area contributed by atoms with Crippen molar-refractivity contribution in [3.05, 3.63) is 40.4 Å². The number of aromatic nitrogens is 2. The lowest BCUT2D eigenvalue weighted by molar-refractivity contribution is -0.145. The number of para-hydroxylation sites is 1. The zero-order valence-corrected chi connectivity index (χ0v) is 13.4. The molecule has 1 aromatic heterocycles. The first-order valence-corrected chi connectivity index (χ1v) is 7.93. The van der Waals surface area contributed by atoms with Gasteiger partial charge in [-0.05, 0) is 31.4 Å². The van der Waals surface area contributed by atoms with Crippen LogP contribution in [-0.4, -0.2) is 44.0 Å². The maximum absolute atomic E-state index is 12.5. The fourth-order valence-electron chi connectivity index (χ4n) is 2.81. The molecule has 1 N–H and O–H groups in total. The van der Waals surface area contributed by atoms with E-state index in [9.17, 15) is 14.4 Å². The Labute approximate surface area is 138 Å². The quantitative estimate of drug-likeness (QED) is 0.859. The van der Waals surface area contributed by atoms with E-state index < -0.39 is 5.97 Å². The zero-order chi connectivity index (χ0) is 17.3. The summed E-state index contributed by atoms with van der Waals surface area (Å²) < 4.78 is 1.41. The molecule has 0 radical (unpaired) electrons. The summed E-state index contributed by atoms with van der Waals surface area (Å²) in [4.78, 5) is 41.4. The molecule has 0 spiro atoms. The first-order chi connectivity index (χ1) is 11.5. The number of aryl methyl sites for hydroxylation is 2. The highest BCUT2D eigenvalue weighted by Crippen LogP contribution is 2.27. The topological polar surface area (TPSA) is 92.5 Å². The summed E-state index contributed by atoms with van der Waals surface area (Å²) in [5.41, 5.74) is 1.40. The molecule has 1 aromatic carbocycles. The molecule has 7 heteroatoms. The molecule has 1 aliphatic carbocycles. The van der Waals surface area contributed by atoms with Gasteiger partial charge >= 0.3 is 5.97 Å². The van der Waals surface area contributed by atoms with Crippen LogP contribution in [0.15, 0.2) is 29.3 Å². The minimum atomic E-state index is -1.02. The van der Waals surface area contributed by atoms with Crippen molar-refractivity contribution < 1.29 is 14.7 Å². The number of carbonyl (C=O) groups is 2. The number of benzene rings is 1. The third kappa shape index (κ3) is 3.29. The van der Waals surface area contributed by atoms with Crippen molar-refractivity contribution in [1.29, 1.82) is 0 Å². The molecule has 0 aliphatic heterocycles. The molecule has 1 saturated carbocycles. The molecule has 7 nitrogen and oxygen atoms in total. The van der Waals surface area contributed by atoms with E-state index in [1.54, 1.807) is 12.1 Å². The third-order valence-corrected chi connectivity index (χ3v) is 4.24. The van der Waals surface area contributed by atoms with Gasteiger partial charge in [0.2, 0.25) is 5.91 Å². The van der Waals surface area contributed by atoms with Crippen LogP contribution in [0.2, 0.25) is 0 Å². The lowest BCUT2D eigenvalue weighted by Crippen LogP contribution is -2.38. The van der Waals surface area contributed by atoms with E-state index in [-0.39, 0.29) is 37.0 Å². The molecule has 24 heavy (non-hydrogen) atoms. The van der Waals surface area contributed by atoms with Crippen molar-refractivity contribution in [2.45, 2.75) is 38.8 Å². The van der Waals surface area contributed by atoms with E-state index in [4.69, 9.17) is 5.11 Å². The number of fused-ring (bicyclic) bond motifs is 1. The number of hydrogen-bond donors (Lipinski definition) is 1. The minimum Gasteiger partial charge on any atom is -0.480 e. The Hall–Kier alpha value is -2.70. The minimum absolute atomic E-state index is 0.0303. The van der Waals surface area contributed by atoms with Crippen LogP contribution < -0.4 is 5.56 Å². The highest BCUT2D eigenvalue weighted by atomic mass is 16.4. The average Bonchev–Trinajstić information content (AvgIpc) is 3.37. The number of carboxylic acids is 1. The number of carboxylic acid groups (broad SMARTS) is 1. The van der Waals surface area contributed by atoms with E-state index in [0.29, 0.717) is 10.9 Å². The summed E-state index contributed by atoms with van der Waals surface area (Å²) in [5, 5.41) is 9.45. The average molecular weight is 329 g/mol. The van der Waals surface area contributed by atoms with Gasteiger partial charge in [-0.25, -0.2) is 4.98 Å². The molecule has 0 saturated heterocycles. The number of carbonyl (C=O) groups excluding carboxylic acids is 1. The first-order valence-electron chi connectivity index (χ1n) is 7.93. The molecule has 1 aliphatic rings. The van der Waals surface area contributed by atoms with Crippen molar-refractivity contribution in [2.24, 2.45) is 0 Å². The maximum atomic E-state index is 12.5. The van der Waals surface area contributed by atoms with Crippen molar-refractivity contribution in [3.8, 4) is 0 Å². The van der Waals surface area contributed by atoms with Crippen LogP contribution in [0.4, 0.5) is 0 Å². The Balaban J connectivity index is 1.75. The van der Waals surface area contributed by atoms with E-state index in [1.165, 1.54) is 15.8 Å². The molecule has 1 fully saturated rings. The Morgan fingerprint density at radius 1 is 1.38 bits per heavy atom. The second-order valence-electron chi connectivity index (χ2n) is 6.11. The zero-order valence-electron chi connectivity index (χ0n) is 13.4. The van der Waals surface area contributed by atoms with Gasteiger partial charge in [0.1, 0.15) is 6.54 Å². The lowest BCUT2D eigenvalue weighted by Gasteiger charge is -2.20. The fraction of sp³-hybridized carbons (Fsp3) is 0.412. The van der Waals surface area contributed by atoms with E-state index >= 15 is 0 Å². The Bertz CT molecular complexity index is 855. The second kappa shape index (κ2) is 6.43. The monoisotopic (exact) mass is 329 g/mol. The summed E-state index contributed by atoms with van der Waals surface area (Å²) >= 11 is 0. The van der Waals surface area contributed by atoms with Crippen LogP contribution in [0.25, 0.3) is 10.9 Å². The molecule has 0 bridgehead atoms. The van der Waals surface area contributed by atoms with Gasteiger partial charge in [0.25, 0.3) is 5.56 Å². The standard InChI is InChI=1S/C17H19N3O4/c1-11-3-2-4-13-16(11)18-10-19(17(13)24)8-7-14(21)20(9-15(22)23)12-5-6-12/h2-4,10,12H,5-9H2,1H3,(H,22,23).